The molecule has 2 aromatic rings. The smallest absolute Gasteiger partial charge is 0.149 e. The Bertz CT molecular complexity index is 581. The Balaban J connectivity index is 2.17. The van der Waals surface area contributed by atoms with Crippen molar-refractivity contribution >= 4 is 21.7 Å². The van der Waals surface area contributed by atoms with Crippen LogP contribution in [0.3, 0.4) is 0 Å². The number of nitrogen functional groups attached to an aromatic ring is 1. The van der Waals surface area contributed by atoms with Crippen LogP contribution in [0.1, 0.15) is 29.7 Å². The number of halogens is 1. The molecule has 1 heterocycles. The summed E-state index contributed by atoms with van der Waals surface area (Å²) >= 11 is 3.54. The normalized spacial score (nSPS) is 14.6. The van der Waals surface area contributed by atoms with Gasteiger partial charge >= 0.3 is 0 Å². The highest BCUT2D eigenvalue weighted by Gasteiger charge is 2.20. The first-order chi connectivity index (χ1) is 8.65. The highest BCUT2D eigenvalue weighted by atomic mass is 79.9. The summed E-state index contributed by atoms with van der Waals surface area (Å²) in [5, 5.41) is 4.52. The molecular weight excluding hydrogens is 290 g/mol. The molecule has 3 nitrogen and oxygen atoms in total. The van der Waals surface area contributed by atoms with Crippen LogP contribution in [-0.2, 0) is 12.8 Å². The molecule has 1 aromatic heterocycles. The summed E-state index contributed by atoms with van der Waals surface area (Å²) in [6.45, 7) is 2.09. The zero-order chi connectivity index (χ0) is 12.7. The van der Waals surface area contributed by atoms with Crippen LogP contribution < -0.4 is 5.73 Å². The summed E-state index contributed by atoms with van der Waals surface area (Å²) in [6.07, 6.45) is 4.59. The number of aromatic nitrogens is 2. The molecule has 0 fully saturated rings. The zero-order valence-electron chi connectivity index (χ0n) is 10.4. The van der Waals surface area contributed by atoms with Crippen molar-refractivity contribution in [3.05, 3.63) is 39.5 Å². The fraction of sp³-hybridized carbons (Fsp3) is 0.357. The summed E-state index contributed by atoms with van der Waals surface area (Å²) in [5.41, 5.74) is 10.9. The van der Waals surface area contributed by atoms with Crippen LogP contribution in [0.4, 0.5) is 5.82 Å². The first kappa shape index (κ1) is 11.8. The molecule has 0 aliphatic heterocycles. The SMILES string of the molecule is Cc1cc(Br)cc(-n2nc(N)c3c2CCCC3)c1. The van der Waals surface area contributed by atoms with Crippen LogP contribution in [0.5, 0.6) is 0 Å². The van der Waals surface area contributed by atoms with Crippen molar-refractivity contribution in [2.45, 2.75) is 32.6 Å². The van der Waals surface area contributed by atoms with E-state index in [2.05, 4.69) is 46.2 Å². The van der Waals surface area contributed by atoms with Gasteiger partial charge in [-0.15, -0.1) is 0 Å². The summed E-state index contributed by atoms with van der Waals surface area (Å²) < 4.78 is 3.10. The van der Waals surface area contributed by atoms with E-state index in [9.17, 15) is 0 Å². The third kappa shape index (κ3) is 1.94. The number of hydrogen-bond donors (Lipinski definition) is 1. The summed E-state index contributed by atoms with van der Waals surface area (Å²) in [6, 6.07) is 6.34. The molecule has 1 aromatic carbocycles. The van der Waals surface area contributed by atoms with E-state index < -0.39 is 0 Å². The average molecular weight is 306 g/mol. The number of nitrogens with two attached hydrogens (primary N) is 1. The van der Waals surface area contributed by atoms with E-state index in [-0.39, 0.29) is 0 Å². The molecular formula is C14H16BrN3. The first-order valence-corrected chi connectivity index (χ1v) is 7.08. The molecule has 1 aliphatic rings. The third-order valence-corrected chi connectivity index (χ3v) is 3.94. The van der Waals surface area contributed by atoms with Gasteiger partial charge < -0.3 is 5.73 Å². The van der Waals surface area contributed by atoms with E-state index in [0.717, 1.165) is 23.0 Å². The molecule has 94 valence electrons. The van der Waals surface area contributed by atoms with Crippen molar-refractivity contribution in [3.63, 3.8) is 0 Å². The maximum absolute atomic E-state index is 6.03. The van der Waals surface area contributed by atoms with Crippen molar-refractivity contribution in [1.82, 2.24) is 9.78 Å². The van der Waals surface area contributed by atoms with E-state index >= 15 is 0 Å². The van der Waals surface area contributed by atoms with Crippen LogP contribution in [0.25, 0.3) is 5.69 Å². The number of nitrogens with zero attached hydrogens (tertiary/aromatic N) is 2. The van der Waals surface area contributed by atoms with E-state index in [1.54, 1.807) is 0 Å². The number of hydrogen-bond acceptors (Lipinski definition) is 2. The quantitative estimate of drug-likeness (QED) is 0.877. The van der Waals surface area contributed by atoms with Crippen LogP contribution in [0.2, 0.25) is 0 Å². The van der Waals surface area contributed by atoms with Gasteiger partial charge in [0.2, 0.25) is 0 Å². The Morgan fingerprint density at radius 2 is 2.00 bits per heavy atom. The summed E-state index contributed by atoms with van der Waals surface area (Å²) in [5.74, 6) is 0.697. The maximum atomic E-state index is 6.03. The van der Waals surface area contributed by atoms with Crippen molar-refractivity contribution in [2.75, 3.05) is 5.73 Å². The number of anilines is 1. The van der Waals surface area contributed by atoms with Gasteiger partial charge in [0.1, 0.15) is 5.82 Å². The summed E-state index contributed by atoms with van der Waals surface area (Å²) in [7, 11) is 0. The van der Waals surface area contributed by atoms with E-state index in [1.807, 2.05) is 4.68 Å². The molecule has 0 spiro atoms. The molecule has 0 atom stereocenters. The highest BCUT2D eigenvalue weighted by Crippen LogP contribution is 2.29. The van der Waals surface area contributed by atoms with Gasteiger partial charge in [-0.05, 0) is 56.4 Å². The van der Waals surface area contributed by atoms with Gasteiger partial charge in [0, 0.05) is 15.7 Å². The number of rotatable bonds is 1. The molecule has 0 unspecified atom stereocenters. The number of benzene rings is 1. The van der Waals surface area contributed by atoms with Crippen molar-refractivity contribution < 1.29 is 0 Å². The molecule has 4 heteroatoms. The monoisotopic (exact) mass is 305 g/mol. The third-order valence-electron chi connectivity index (χ3n) is 3.48. The fourth-order valence-corrected chi connectivity index (χ4v) is 3.28. The second-order valence-electron chi connectivity index (χ2n) is 4.92. The van der Waals surface area contributed by atoms with Gasteiger partial charge in [0.25, 0.3) is 0 Å². The first-order valence-electron chi connectivity index (χ1n) is 6.29. The zero-order valence-corrected chi connectivity index (χ0v) is 12.0. The largest absolute Gasteiger partial charge is 0.382 e. The van der Waals surface area contributed by atoms with Gasteiger partial charge in [-0.25, -0.2) is 4.68 Å². The lowest BCUT2D eigenvalue weighted by Gasteiger charge is -2.14. The van der Waals surface area contributed by atoms with Gasteiger partial charge in [-0.2, -0.15) is 5.10 Å². The molecule has 1 aliphatic carbocycles. The lowest BCUT2D eigenvalue weighted by molar-refractivity contribution is 0.653. The predicted molar refractivity (Wildman–Crippen MR) is 77.1 cm³/mol. The molecule has 3 rings (SSSR count). The number of aryl methyl sites for hydroxylation is 1. The second-order valence-corrected chi connectivity index (χ2v) is 5.83. The van der Waals surface area contributed by atoms with Gasteiger partial charge in [-0.3, -0.25) is 0 Å². The molecule has 2 N–H and O–H groups in total. The van der Waals surface area contributed by atoms with Crippen LogP contribution in [0, 0.1) is 6.92 Å². The molecule has 0 saturated carbocycles. The van der Waals surface area contributed by atoms with Crippen LogP contribution >= 0.6 is 15.9 Å². The lowest BCUT2D eigenvalue weighted by Crippen LogP contribution is -2.08. The minimum absolute atomic E-state index is 0.697. The van der Waals surface area contributed by atoms with Gasteiger partial charge in [0.15, 0.2) is 0 Å². The van der Waals surface area contributed by atoms with Crippen molar-refractivity contribution in [2.24, 2.45) is 0 Å². The molecule has 0 radical (unpaired) electrons. The van der Waals surface area contributed by atoms with Crippen molar-refractivity contribution in [1.29, 1.82) is 0 Å². The van der Waals surface area contributed by atoms with Crippen LogP contribution in [0.15, 0.2) is 22.7 Å². The lowest BCUT2D eigenvalue weighted by atomic mass is 9.97. The Morgan fingerprint density at radius 1 is 1.22 bits per heavy atom. The van der Waals surface area contributed by atoms with Crippen LogP contribution in [-0.4, -0.2) is 9.78 Å². The Morgan fingerprint density at radius 3 is 2.78 bits per heavy atom. The molecule has 0 saturated heterocycles. The average Bonchev–Trinajstić information content (AvgIpc) is 2.66. The highest BCUT2D eigenvalue weighted by molar-refractivity contribution is 9.10. The number of fused-ring (bicyclic) bond motifs is 1. The maximum Gasteiger partial charge on any atom is 0.149 e. The van der Waals surface area contributed by atoms with Gasteiger partial charge in [-0.1, -0.05) is 15.9 Å². The van der Waals surface area contributed by atoms with E-state index in [4.69, 9.17) is 5.73 Å². The molecule has 18 heavy (non-hydrogen) atoms. The van der Waals surface area contributed by atoms with Gasteiger partial charge in [0.05, 0.1) is 5.69 Å². The Hall–Kier alpha value is -1.29. The van der Waals surface area contributed by atoms with E-state index in [1.165, 1.54) is 29.7 Å². The van der Waals surface area contributed by atoms with E-state index in [0.29, 0.717) is 5.82 Å². The topological polar surface area (TPSA) is 43.8 Å². The summed E-state index contributed by atoms with van der Waals surface area (Å²) in [4.78, 5) is 0. The minimum Gasteiger partial charge on any atom is -0.382 e. The Labute approximate surface area is 115 Å². The fourth-order valence-electron chi connectivity index (χ4n) is 2.68. The standard InChI is InChI=1S/C14H16BrN3/c1-9-6-10(15)8-11(7-9)18-13-5-3-2-4-12(13)14(16)17-18/h6-8H,2-5H2,1H3,(H2,16,17). The second kappa shape index (κ2) is 4.43. The Kier molecular flexibility index (Phi) is 2.90. The minimum atomic E-state index is 0.697. The van der Waals surface area contributed by atoms with Crippen molar-refractivity contribution in [3.8, 4) is 5.69 Å². The molecule has 0 amide bonds. The predicted octanol–water partition coefficient (Wildman–Crippen LogP) is 3.40. The molecule has 0 bridgehead atoms.